The first-order valence-corrected chi connectivity index (χ1v) is 2.17. The molecule has 0 rings (SSSR count). The molecule has 0 saturated heterocycles. The highest BCUT2D eigenvalue weighted by Gasteiger charge is 1.89. The molecule has 0 saturated carbocycles. The molecule has 0 atom stereocenters. The third-order valence-corrected chi connectivity index (χ3v) is 0.873. The molecule has 0 aromatic rings. The van der Waals surface area contributed by atoms with Gasteiger partial charge in [-0.3, -0.25) is 4.79 Å². The second-order valence-electron chi connectivity index (χ2n) is 1.39. The van der Waals surface area contributed by atoms with E-state index in [4.69, 9.17) is 0 Å². The Balaban J connectivity index is 3.82. The van der Waals surface area contributed by atoms with Crippen LogP contribution in [0.25, 0.3) is 0 Å². The van der Waals surface area contributed by atoms with Crippen molar-refractivity contribution in [1.82, 2.24) is 0 Å². The quantitative estimate of drug-likeness (QED) is 0.451. The van der Waals surface area contributed by atoms with Crippen LogP contribution in [0.3, 0.4) is 0 Å². The minimum atomic E-state index is -0.0949. The van der Waals surface area contributed by atoms with Crippen molar-refractivity contribution in [2.75, 3.05) is 0 Å². The molecule has 0 spiro atoms. The Kier molecular flexibility index (Phi) is 2.34. The Hall–Kier alpha value is -0.590. The van der Waals surface area contributed by atoms with Crippen LogP contribution in [0.5, 0.6) is 0 Å². The van der Waals surface area contributed by atoms with Crippen molar-refractivity contribution >= 4 is 5.78 Å². The fourth-order valence-corrected chi connectivity index (χ4v) is 0.161. The first-order chi connectivity index (χ1) is 3.18. The van der Waals surface area contributed by atoms with Crippen LogP contribution in [0, 0.1) is 6.92 Å². The molecule has 0 aliphatic heterocycles. The van der Waals surface area contributed by atoms with E-state index >= 15 is 0 Å². The summed E-state index contributed by atoms with van der Waals surface area (Å²) < 4.78 is 0. The monoisotopic (exact) mass is 97.1 g/mol. The topological polar surface area (TPSA) is 17.1 Å². The van der Waals surface area contributed by atoms with Crippen molar-refractivity contribution in [2.45, 2.75) is 13.8 Å². The van der Waals surface area contributed by atoms with Crippen molar-refractivity contribution in [3.63, 3.8) is 0 Å². The van der Waals surface area contributed by atoms with Gasteiger partial charge in [0, 0.05) is 6.92 Å². The fourth-order valence-electron chi connectivity index (χ4n) is 0.161. The summed E-state index contributed by atoms with van der Waals surface area (Å²) in [7, 11) is 0. The first kappa shape index (κ1) is 6.41. The molecular weight excluding hydrogens is 88.1 g/mol. The highest BCUT2D eigenvalue weighted by atomic mass is 16.1. The summed E-state index contributed by atoms with van der Waals surface area (Å²) in [5, 5.41) is 0. The summed E-state index contributed by atoms with van der Waals surface area (Å²) in [5.41, 5.74) is 0.722. The summed E-state index contributed by atoms with van der Waals surface area (Å²) in [4.78, 5) is 10.2. The predicted molar refractivity (Wildman–Crippen MR) is 29.8 cm³/mol. The molecule has 1 nitrogen and oxygen atoms in total. The summed E-state index contributed by atoms with van der Waals surface area (Å²) in [6.45, 7) is 6.77. The van der Waals surface area contributed by atoms with Crippen LogP contribution in [0.15, 0.2) is 11.6 Å². The molecule has 0 amide bonds. The van der Waals surface area contributed by atoms with Gasteiger partial charge in [-0.25, -0.2) is 0 Å². The van der Waals surface area contributed by atoms with E-state index in [0.29, 0.717) is 0 Å². The second-order valence-corrected chi connectivity index (χ2v) is 1.39. The van der Waals surface area contributed by atoms with E-state index in [-0.39, 0.29) is 5.78 Å². The number of hydrogen-bond acceptors (Lipinski definition) is 1. The minimum absolute atomic E-state index is 0.0949. The number of carbonyl (C=O) groups is 1. The van der Waals surface area contributed by atoms with Crippen LogP contribution >= 0.6 is 0 Å². The number of ketones is 1. The largest absolute Gasteiger partial charge is 0.295 e. The lowest BCUT2D eigenvalue weighted by molar-refractivity contribution is -0.111. The zero-order valence-electron chi connectivity index (χ0n) is 4.69. The van der Waals surface area contributed by atoms with E-state index in [0.717, 1.165) is 5.57 Å². The van der Waals surface area contributed by atoms with Gasteiger partial charge in [0.1, 0.15) is 0 Å². The normalized spacial score (nSPS) is 11.6. The van der Waals surface area contributed by atoms with Crippen LogP contribution in [0.4, 0.5) is 0 Å². The van der Waals surface area contributed by atoms with Gasteiger partial charge in [-0.2, -0.15) is 0 Å². The summed E-state index contributed by atoms with van der Waals surface area (Å²) in [6, 6.07) is 0. The van der Waals surface area contributed by atoms with Crippen molar-refractivity contribution in [3.8, 4) is 0 Å². The molecule has 0 heterocycles. The zero-order chi connectivity index (χ0) is 5.86. The number of hydrogen-bond donors (Lipinski definition) is 0. The lowest BCUT2D eigenvalue weighted by atomic mass is 10.2. The Morgan fingerprint density at radius 1 is 1.71 bits per heavy atom. The zero-order valence-corrected chi connectivity index (χ0v) is 4.69. The number of carbonyl (C=O) groups excluding carboxylic acids is 1. The molecule has 0 N–H and O–H groups in total. The first-order valence-electron chi connectivity index (χ1n) is 2.17. The molecule has 1 radical (unpaired) electrons. The Morgan fingerprint density at radius 2 is 2.14 bits per heavy atom. The van der Waals surface area contributed by atoms with E-state index in [1.54, 1.807) is 13.0 Å². The summed E-state index contributed by atoms with van der Waals surface area (Å²) in [6.07, 6.45) is 1.75. The maximum atomic E-state index is 10.2. The molecule has 39 valence electrons. The van der Waals surface area contributed by atoms with Gasteiger partial charge in [0.15, 0.2) is 5.78 Å². The number of Topliss-reactive ketones (excluding diaryl/α,β-unsaturated/α-hetero) is 1. The molecule has 0 aromatic carbocycles. The number of rotatable bonds is 1. The highest BCUT2D eigenvalue weighted by Crippen LogP contribution is 1.89. The Morgan fingerprint density at radius 3 is 2.14 bits per heavy atom. The molecular formula is C6H9O. The van der Waals surface area contributed by atoms with Gasteiger partial charge in [-0.15, -0.1) is 0 Å². The average Bonchev–Trinajstić information content (AvgIpc) is 1.65. The third-order valence-electron chi connectivity index (χ3n) is 0.873. The van der Waals surface area contributed by atoms with Gasteiger partial charge in [0.2, 0.25) is 0 Å². The molecule has 0 unspecified atom stereocenters. The van der Waals surface area contributed by atoms with E-state index in [1.807, 2.05) is 6.92 Å². The van der Waals surface area contributed by atoms with Crippen LogP contribution in [-0.4, -0.2) is 5.78 Å². The number of allylic oxidation sites excluding steroid dienone is 2. The van der Waals surface area contributed by atoms with Gasteiger partial charge in [-0.05, 0) is 19.4 Å². The fraction of sp³-hybridized carbons (Fsp3) is 0.333. The smallest absolute Gasteiger partial charge is 0.158 e. The van der Waals surface area contributed by atoms with Crippen LogP contribution in [0.2, 0.25) is 0 Å². The van der Waals surface area contributed by atoms with Crippen LogP contribution < -0.4 is 0 Å². The van der Waals surface area contributed by atoms with Crippen molar-refractivity contribution in [2.24, 2.45) is 0 Å². The molecule has 0 aliphatic carbocycles. The molecule has 7 heavy (non-hydrogen) atoms. The minimum Gasteiger partial charge on any atom is -0.295 e. The standard InChI is InChI=1S/C6H9O/c1-4-5(2)6(3)7/h4H,3H2,1-2H3. The summed E-state index contributed by atoms with van der Waals surface area (Å²) >= 11 is 0. The maximum absolute atomic E-state index is 10.2. The van der Waals surface area contributed by atoms with Gasteiger partial charge < -0.3 is 0 Å². The van der Waals surface area contributed by atoms with Crippen molar-refractivity contribution < 1.29 is 4.79 Å². The molecule has 0 bridgehead atoms. The lowest BCUT2D eigenvalue weighted by Gasteiger charge is -1.85. The lowest BCUT2D eigenvalue weighted by Crippen LogP contribution is -1.89. The van der Waals surface area contributed by atoms with Gasteiger partial charge in [0.05, 0.1) is 0 Å². The van der Waals surface area contributed by atoms with E-state index in [2.05, 4.69) is 6.92 Å². The third kappa shape index (κ3) is 2.15. The van der Waals surface area contributed by atoms with Crippen molar-refractivity contribution in [3.05, 3.63) is 18.6 Å². The van der Waals surface area contributed by atoms with E-state index < -0.39 is 0 Å². The van der Waals surface area contributed by atoms with E-state index in [9.17, 15) is 4.79 Å². The van der Waals surface area contributed by atoms with Gasteiger partial charge in [0.25, 0.3) is 0 Å². The molecule has 1 heteroatoms. The molecule has 0 aromatic heterocycles. The van der Waals surface area contributed by atoms with E-state index in [1.165, 1.54) is 0 Å². The summed E-state index contributed by atoms with van der Waals surface area (Å²) in [5.74, 6) is -0.0949. The molecule has 0 aliphatic rings. The SMILES string of the molecule is [CH2]C(=O)C(C)=CC. The maximum Gasteiger partial charge on any atom is 0.158 e. The Bertz CT molecular complexity index is 101. The second kappa shape index (κ2) is 2.56. The van der Waals surface area contributed by atoms with Crippen LogP contribution in [-0.2, 0) is 4.79 Å². The highest BCUT2D eigenvalue weighted by molar-refractivity contribution is 5.97. The Labute approximate surface area is 44.0 Å². The van der Waals surface area contributed by atoms with Crippen molar-refractivity contribution in [1.29, 1.82) is 0 Å². The average molecular weight is 97.1 g/mol. The predicted octanol–water partition coefficient (Wildman–Crippen LogP) is 1.36. The molecule has 0 fully saturated rings. The van der Waals surface area contributed by atoms with Gasteiger partial charge >= 0.3 is 0 Å². The van der Waals surface area contributed by atoms with Crippen LogP contribution in [0.1, 0.15) is 13.8 Å². The van der Waals surface area contributed by atoms with Gasteiger partial charge in [-0.1, -0.05) is 6.08 Å².